The van der Waals surface area contributed by atoms with Crippen molar-refractivity contribution >= 4 is 45.2 Å². The van der Waals surface area contributed by atoms with Crippen molar-refractivity contribution in [2.75, 3.05) is 0 Å². The minimum atomic E-state index is -0.508. The van der Waals surface area contributed by atoms with Crippen LogP contribution < -0.4 is 5.73 Å². The number of aliphatic hydroxyl groups is 1. The van der Waals surface area contributed by atoms with Crippen LogP contribution in [0.25, 0.3) is 0 Å². The molecule has 0 aliphatic carbocycles. The van der Waals surface area contributed by atoms with E-state index in [2.05, 4.69) is 45.2 Å². The molecule has 2 nitrogen and oxygen atoms in total. The fraction of sp³-hybridized carbons (Fsp3) is 0.333. The molecule has 13 heavy (non-hydrogen) atoms. The third kappa shape index (κ3) is 3.03. The summed E-state index contributed by atoms with van der Waals surface area (Å²) in [6.07, 6.45) is -0.508. The molecule has 0 bridgehead atoms. The largest absolute Gasteiger partial charge is 0.391 e. The molecule has 0 radical (unpaired) electrons. The van der Waals surface area contributed by atoms with E-state index < -0.39 is 6.10 Å². The zero-order valence-corrected chi connectivity index (χ0v) is 11.5. The number of halogens is 2. The van der Waals surface area contributed by atoms with Crippen LogP contribution in [0.1, 0.15) is 18.5 Å². The summed E-state index contributed by atoms with van der Waals surface area (Å²) >= 11 is 4.47. The number of nitrogens with two attached hydrogens (primary N) is 1. The first kappa shape index (κ1) is 11.7. The molecule has 0 amide bonds. The van der Waals surface area contributed by atoms with Gasteiger partial charge in [-0.2, -0.15) is 0 Å². The SMILES string of the molecule is C[C@H](O)[C@@H](N)c1cc(I)ccc1I. The van der Waals surface area contributed by atoms with Gasteiger partial charge in [0.05, 0.1) is 12.1 Å². The second-order valence-electron chi connectivity index (χ2n) is 2.93. The molecule has 4 heteroatoms. The lowest BCUT2D eigenvalue weighted by Gasteiger charge is -2.16. The van der Waals surface area contributed by atoms with E-state index in [1.807, 2.05) is 18.2 Å². The van der Waals surface area contributed by atoms with Crippen LogP contribution in [0.15, 0.2) is 18.2 Å². The van der Waals surface area contributed by atoms with Crippen molar-refractivity contribution in [3.05, 3.63) is 30.9 Å². The zero-order chi connectivity index (χ0) is 10.0. The van der Waals surface area contributed by atoms with E-state index in [0.717, 1.165) is 12.7 Å². The van der Waals surface area contributed by atoms with E-state index in [0.29, 0.717) is 0 Å². The molecule has 0 saturated heterocycles. The summed E-state index contributed by atoms with van der Waals surface area (Å²) < 4.78 is 2.25. The first-order valence-electron chi connectivity index (χ1n) is 3.91. The Labute approximate surface area is 105 Å². The van der Waals surface area contributed by atoms with Crippen LogP contribution in [0.3, 0.4) is 0 Å². The first-order chi connectivity index (χ1) is 6.02. The Morgan fingerprint density at radius 1 is 1.38 bits per heavy atom. The molecule has 3 N–H and O–H groups in total. The van der Waals surface area contributed by atoms with E-state index in [1.165, 1.54) is 0 Å². The number of rotatable bonds is 2. The lowest BCUT2D eigenvalue weighted by atomic mass is 10.0. The van der Waals surface area contributed by atoms with Crippen LogP contribution in [0.4, 0.5) is 0 Å². The zero-order valence-electron chi connectivity index (χ0n) is 7.17. The number of hydrogen-bond acceptors (Lipinski definition) is 2. The summed E-state index contributed by atoms with van der Waals surface area (Å²) in [4.78, 5) is 0. The lowest BCUT2D eigenvalue weighted by molar-refractivity contribution is 0.164. The minimum absolute atomic E-state index is 0.290. The Hall–Kier alpha value is 0.600. The Bertz CT molecular complexity index is 302. The van der Waals surface area contributed by atoms with Crippen molar-refractivity contribution in [2.45, 2.75) is 19.1 Å². The third-order valence-corrected chi connectivity index (χ3v) is 3.49. The van der Waals surface area contributed by atoms with Crippen LogP contribution in [0, 0.1) is 7.14 Å². The molecule has 1 aromatic carbocycles. The monoisotopic (exact) mass is 403 g/mol. The van der Waals surface area contributed by atoms with Crippen LogP contribution in [0.5, 0.6) is 0 Å². The minimum Gasteiger partial charge on any atom is -0.391 e. The molecular weight excluding hydrogens is 392 g/mol. The molecule has 0 heterocycles. The van der Waals surface area contributed by atoms with Crippen LogP contribution >= 0.6 is 45.2 Å². The van der Waals surface area contributed by atoms with Crippen molar-refractivity contribution in [2.24, 2.45) is 5.73 Å². The van der Waals surface area contributed by atoms with Crippen LogP contribution in [0.2, 0.25) is 0 Å². The number of aliphatic hydroxyl groups excluding tert-OH is 1. The lowest BCUT2D eigenvalue weighted by Crippen LogP contribution is -2.24. The predicted octanol–water partition coefficient (Wildman–Crippen LogP) is 2.28. The van der Waals surface area contributed by atoms with Gasteiger partial charge in [-0.05, 0) is 75.9 Å². The van der Waals surface area contributed by atoms with Gasteiger partial charge < -0.3 is 10.8 Å². The van der Waals surface area contributed by atoms with E-state index in [1.54, 1.807) is 6.92 Å². The van der Waals surface area contributed by atoms with Gasteiger partial charge >= 0.3 is 0 Å². The Morgan fingerprint density at radius 2 is 2.00 bits per heavy atom. The molecule has 0 aliphatic heterocycles. The quantitative estimate of drug-likeness (QED) is 0.745. The average molecular weight is 403 g/mol. The Morgan fingerprint density at radius 3 is 2.54 bits per heavy atom. The summed E-state index contributed by atoms with van der Waals surface area (Å²) in [6, 6.07) is 5.77. The molecule has 2 atom stereocenters. The second-order valence-corrected chi connectivity index (χ2v) is 5.34. The van der Waals surface area contributed by atoms with Gasteiger partial charge in [-0.1, -0.05) is 0 Å². The van der Waals surface area contributed by atoms with Crippen LogP contribution in [-0.2, 0) is 0 Å². The maximum absolute atomic E-state index is 9.36. The Balaban J connectivity index is 3.05. The van der Waals surface area contributed by atoms with E-state index in [9.17, 15) is 5.11 Å². The van der Waals surface area contributed by atoms with E-state index >= 15 is 0 Å². The predicted molar refractivity (Wildman–Crippen MR) is 70.5 cm³/mol. The summed E-state index contributed by atoms with van der Waals surface area (Å²) in [6.45, 7) is 1.71. The fourth-order valence-corrected chi connectivity index (χ4v) is 2.24. The molecular formula is C9H11I2NO. The van der Waals surface area contributed by atoms with Crippen molar-refractivity contribution in [1.82, 2.24) is 0 Å². The highest BCUT2D eigenvalue weighted by atomic mass is 127. The molecule has 0 spiro atoms. The van der Waals surface area contributed by atoms with Gasteiger partial charge in [-0.15, -0.1) is 0 Å². The molecule has 0 unspecified atom stereocenters. The third-order valence-electron chi connectivity index (χ3n) is 1.84. The summed E-state index contributed by atoms with van der Waals surface area (Å²) in [5.41, 5.74) is 6.87. The highest BCUT2D eigenvalue weighted by molar-refractivity contribution is 14.1. The van der Waals surface area contributed by atoms with Gasteiger partial charge in [0.1, 0.15) is 0 Å². The second kappa shape index (κ2) is 4.90. The van der Waals surface area contributed by atoms with Gasteiger partial charge in [0.2, 0.25) is 0 Å². The standard InChI is InChI=1S/C9H11I2NO/c1-5(13)9(12)7-4-6(10)2-3-8(7)11/h2-5,9,13H,12H2,1H3/t5-,9+/m0/s1. The average Bonchev–Trinajstić information content (AvgIpc) is 2.08. The topological polar surface area (TPSA) is 46.2 Å². The fourth-order valence-electron chi connectivity index (χ4n) is 1.03. The highest BCUT2D eigenvalue weighted by Gasteiger charge is 2.14. The Kier molecular flexibility index (Phi) is 4.40. The van der Waals surface area contributed by atoms with Crippen LogP contribution in [-0.4, -0.2) is 11.2 Å². The molecule has 0 saturated carbocycles. The molecule has 72 valence electrons. The van der Waals surface area contributed by atoms with Gasteiger partial charge in [0.25, 0.3) is 0 Å². The van der Waals surface area contributed by atoms with E-state index in [-0.39, 0.29) is 6.04 Å². The number of benzene rings is 1. The van der Waals surface area contributed by atoms with Crippen molar-refractivity contribution in [3.63, 3.8) is 0 Å². The summed E-state index contributed by atoms with van der Waals surface area (Å²) in [5.74, 6) is 0. The van der Waals surface area contributed by atoms with Gasteiger partial charge in [0.15, 0.2) is 0 Å². The van der Waals surface area contributed by atoms with Crippen molar-refractivity contribution < 1.29 is 5.11 Å². The molecule has 1 aromatic rings. The summed E-state index contributed by atoms with van der Waals surface area (Å²) in [5, 5.41) is 9.36. The first-order valence-corrected chi connectivity index (χ1v) is 6.06. The van der Waals surface area contributed by atoms with Crippen molar-refractivity contribution in [3.8, 4) is 0 Å². The highest BCUT2D eigenvalue weighted by Crippen LogP contribution is 2.22. The van der Waals surface area contributed by atoms with E-state index in [4.69, 9.17) is 5.73 Å². The smallest absolute Gasteiger partial charge is 0.0705 e. The normalized spacial score (nSPS) is 15.5. The van der Waals surface area contributed by atoms with Gasteiger partial charge in [0, 0.05) is 7.14 Å². The molecule has 0 aromatic heterocycles. The summed E-state index contributed by atoms with van der Waals surface area (Å²) in [7, 11) is 0. The molecule has 0 fully saturated rings. The van der Waals surface area contributed by atoms with Gasteiger partial charge in [-0.3, -0.25) is 0 Å². The molecule has 0 aliphatic rings. The van der Waals surface area contributed by atoms with Gasteiger partial charge in [-0.25, -0.2) is 0 Å². The number of hydrogen-bond donors (Lipinski definition) is 2. The maximum atomic E-state index is 9.36. The van der Waals surface area contributed by atoms with Crippen molar-refractivity contribution in [1.29, 1.82) is 0 Å². The maximum Gasteiger partial charge on any atom is 0.0705 e. The molecule has 1 rings (SSSR count).